The molecule has 8 nitrogen and oxygen atoms in total. The van der Waals surface area contributed by atoms with Gasteiger partial charge in [0.25, 0.3) is 6.47 Å². The molecule has 2 saturated heterocycles. The summed E-state index contributed by atoms with van der Waals surface area (Å²) in [6.45, 7) is 5.24. The van der Waals surface area contributed by atoms with Crippen molar-refractivity contribution in [3.8, 4) is 5.75 Å². The van der Waals surface area contributed by atoms with Gasteiger partial charge in [0.15, 0.2) is 0 Å². The number of nitrogens with zero attached hydrogens (tertiary/aromatic N) is 3. The number of hydrogen-bond donors (Lipinski definition) is 1. The Morgan fingerprint density at radius 2 is 1.90 bits per heavy atom. The maximum Gasteiger partial charge on any atom is 0.290 e. The van der Waals surface area contributed by atoms with Crippen LogP contribution in [0.1, 0.15) is 37.8 Å². The second-order valence-corrected chi connectivity index (χ2v) is 8.25. The van der Waals surface area contributed by atoms with Gasteiger partial charge in [0.1, 0.15) is 5.75 Å². The molecule has 2 aliphatic heterocycles. The maximum atomic E-state index is 13.4. The molecule has 31 heavy (non-hydrogen) atoms. The first-order chi connectivity index (χ1) is 14.9. The third-order valence-corrected chi connectivity index (χ3v) is 6.29. The van der Waals surface area contributed by atoms with E-state index in [0.717, 1.165) is 43.8 Å². The fourth-order valence-corrected chi connectivity index (χ4v) is 4.69. The van der Waals surface area contributed by atoms with Crippen LogP contribution >= 0.6 is 0 Å². The molecule has 2 atom stereocenters. The van der Waals surface area contributed by atoms with Gasteiger partial charge in [-0.05, 0) is 51.9 Å². The molecule has 0 spiro atoms. The van der Waals surface area contributed by atoms with Crippen molar-refractivity contribution in [3.63, 3.8) is 0 Å². The third-order valence-electron chi connectivity index (χ3n) is 6.29. The number of para-hydroxylation sites is 1. The number of hydrogen-bond acceptors (Lipinski definition) is 5. The van der Waals surface area contributed by atoms with Crippen LogP contribution in [-0.2, 0) is 14.4 Å². The molecule has 0 aliphatic carbocycles. The summed E-state index contributed by atoms with van der Waals surface area (Å²) in [5.41, 5.74) is 0.920. The molecular formula is C23H35N3O5. The van der Waals surface area contributed by atoms with E-state index in [0.29, 0.717) is 12.5 Å². The van der Waals surface area contributed by atoms with E-state index in [1.807, 2.05) is 48.0 Å². The summed E-state index contributed by atoms with van der Waals surface area (Å²) in [4.78, 5) is 40.4. The Morgan fingerprint density at radius 1 is 1.29 bits per heavy atom. The van der Waals surface area contributed by atoms with Crippen molar-refractivity contribution < 1.29 is 24.2 Å². The minimum absolute atomic E-state index is 0.0458. The zero-order valence-electron chi connectivity index (χ0n) is 19.0. The standard InChI is InChI=1S/C22H33N3O3.CH2O2/c1-5-25-20(26)14-18(21(25)17-8-6-7-9-19(17)28-4)22(27)24(3)15-16-10-12-23(2)13-11-16;2-1-3/h6-9,16,18,21H,5,10-15H2,1-4H3;1H,(H,2,3)/t18-,21+;/m1./s1. The van der Waals surface area contributed by atoms with Crippen molar-refractivity contribution in [1.29, 1.82) is 0 Å². The highest BCUT2D eigenvalue weighted by molar-refractivity contribution is 5.90. The number of amides is 2. The Balaban J connectivity index is 0.00000107. The Hall–Kier alpha value is -2.61. The number of methoxy groups -OCH3 is 1. The molecule has 172 valence electrons. The van der Waals surface area contributed by atoms with Gasteiger partial charge in [0.2, 0.25) is 11.8 Å². The number of ether oxygens (including phenoxy) is 1. The van der Waals surface area contributed by atoms with Crippen molar-refractivity contribution in [2.45, 2.75) is 32.2 Å². The predicted octanol–water partition coefficient (Wildman–Crippen LogP) is 2.11. The number of carbonyl (C=O) groups is 3. The molecule has 1 aromatic rings. The van der Waals surface area contributed by atoms with E-state index in [-0.39, 0.29) is 36.7 Å². The Bertz CT molecular complexity index is 748. The lowest BCUT2D eigenvalue weighted by Crippen LogP contribution is -2.41. The average Bonchev–Trinajstić information content (AvgIpc) is 3.11. The van der Waals surface area contributed by atoms with Gasteiger partial charge >= 0.3 is 0 Å². The normalized spacial score (nSPS) is 21.9. The van der Waals surface area contributed by atoms with E-state index in [2.05, 4.69) is 11.9 Å². The summed E-state index contributed by atoms with van der Waals surface area (Å²) < 4.78 is 5.54. The van der Waals surface area contributed by atoms with Gasteiger partial charge in [-0.25, -0.2) is 0 Å². The summed E-state index contributed by atoms with van der Waals surface area (Å²) in [6.07, 6.45) is 2.51. The molecule has 2 fully saturated rings. The predicted molar refractivity (Wildman–Crippen MR) is 118 cm³/mol. The van der Waals surface area contributed by atoms with Crippen LogP contribution in [0, 0.1) is 11.8 Å². The first-order valence-electron chi connectivity index (χ1n) is 10.8. The number of likely N-dealkylation sites (tertiary alicyclic amines) is 2. The maximum absolute atomic E-state index is 13.4. The van der Waals surface area contributed by atoms with Crippen LogP contribution in [0.5, 0.6) is 5.75 Å². The lowest BCUT2D eigenvalue weighted by molar-refractivity contribution is -0.136. The van der Waals surface area contributed by atoms with Crippen LogP contribution in [0.15, 0.2) is 24.3 Å². The summed E-state index contributed by atoms with van der Waals surface area (Å²) in [6, 6.07) is 7.47. The van der Waals surface area contributed by atoms with Crippen LogP contribution in [-0.4, -0.2) is 85.5 Å². The van der Waals surface area contributed by atoms with Gasteiger partial charge in [0, 0.05) is 32.1 Å². The third kappa shape index (κ3) is 5.97. The van der Waals surface area contributed by atoms with Gasteiger partial charge in [-0.1, -0.05) is 18.2 Å². The van der Waals surface area contributed by atoms with E-state index in [9.17, 15) is 9.59 Å². The number of rotatable bonds is 6. The molecule has 1 N–H and O–H groups in total. The summed E-state index contributed by atoms with van der Waals surface area (Å²) in [5, 5.41) is 6.89. The Labute approximate surface area is 184 Å². The van der Waals surface area contributed by atoms with E-state index in [1.165, 1.54) is 0 Å². The van der Waals surface area contributed by atoms with Crippen molar-refractivity contribution in [2.24, 2.45) is 11.8 Å². The van der Waals surface area contributed by atoms with Crippen LogP contribution in [0.25, 0.3) is 0 Å². The lowest BCUT2D eigenvalue weighted by Gasteiger charge is -2.34. The summed E-state index contributed by atoms with van der Waals surface area (Å²) >= 11 is 0. The minimum Gasteiger partial charge on any atom is -0.496 e. The van der Waals surface area contributed by atoms with Gasteiger partial charge in [-0.2, -0.15) is 0 Å². The number of piperidine rings is 1. The highest BCUT2D eigenvalue weighted by Gasteiger charge is 2.45. The molecule has 2 aliphatic rings. The van der Waals surface area contributed by atoms with Crippen molar-refractivity contribution in [1.82, 2.24) is 14.7 Å². The van der Waals surface area contributed by atoms with Crippen LogP contribution in [0.3, 0.4) is 0 Å². The van der Waals surface area contributed by atoms with E-state index in [4.69, 9.17) is 14.6 Å². The Morgan fingerprint density at radius 3 is 2.48 bits per heavy atom. The molecule has 1 aromatic carbocycles. The second-order valence-electron chi connectivity index (χ2n) is 8.25. The van der Waals surface area contributed by atoms with Crippen molar-refractivity contribution in [3.05, 3.63) is 29.8 Å². The quantitative estimate of drug-likeness (QED) is 0.691. The fraction of sp³-hybridized carbons (Fsp3) is 0.609. The van der Waals surface area contributed by atoms with Gasteiger partial charge in [-0.3, -0.25) is 14.4 Å². The van der Waals surface area contributed by atoms with Crippen LogP contribution in [0.4, 0.5) is 0 Å². The molecule has 2 amide bonds. The van der Waals surface area contributed by atoms with Gasteiger partial charge < -0.3 is 24.5 Å². The average molecular weight is 434 g/mol. The molecule has 2 heterocycles. The zero-order valence-corrected chi connectivity index (χ0v) is 19.0. The molecule has 3 rings (SSSR count). The van der Waals surface area contributed by atoms with Crippen molar-refractivity contribution >= 4 is 18.3 Å². The van der Waals surface area contributed by atoms with Gasteiger partial charge in [-0.15, -0.1) is 0 Å². The summed E-state index contributed by atoms with van der Waals surface area (Å²) in [5.74, 6) is 1.02. The van der Waals surface area contributed by atoms with Crippen LogP contribution in [0.2, 0.25) is 0 Å². The molecular weight excluding hydrogens is 398 g/mol. The highest BCUT2D eigenvalue weighted by atomic mass is 16.5. The SMILES string of the molecule is CCN1C(=O)C[C@@H](C(=O)N(C)CC2CCN(C)CC2)[C@@H]1c1ccccc1OC.O=CO. The monoisotopic (exact) mass is 433 g/mol. The smallest absolute Gasteiger partial charge is 0.290 e. The molecule has 0 unspecified atom stereocenters. The number of benzene rings is 1. The largest absolute Gasteiger partial charge is 0.496 e. The first kappa shape index (κ1) is 24.7. The van der Waals surface area contributed by atoms with E-state index < -0.39 is 0 Å². The fourth-order valence-electron chi connectivity index (χ4n) is 4.69. The summed E-state index contributed by atoms with van der Waals surface area (Å²) in [7, 11) is 5.67. The molecule has 0 saturated carbocycles. The second kappa shape index (κ2) is 11.7. The minimum atomic E-state index is -0.361. The van der Waals surface area contributed by atoms with Crippen LogP contribution < -0.4 is 4.74 Å². The van der Waals surface area contributed by atoms with Crippen molar-refractivity contribution in [2.75, 3.05) is 47.4 Å². The first-order valence-corrected chi connectivity index (χ1v) is 10.8. The topological polar surface area (TPSA) is 90.4 Å². The number of carbonyl (C=O) groups excluding carboxylic acids is 2. The van der Waals surface area contributed by atoms with E-state index in [1.54, 1.807) is 7.11 Å². The molecule has 0 bridgehead atoms. The molecule has 0 radical (unpaired) electrons. The lowest BCUT2D eigenvalue weighted by atomic mass is 9.90. The Kier molecular flexibility index (Phi) is 9.30. The molecule has 0 aromatic heterocycles. The van der Waals surface area contributed by atoms with Gasteiger partial charge in [0.05, 0.1) is 19.1 Å². The van der Waals surface area contributed by atoms with E-state index >= 15 is 0 Å². The zero-order chi connectivity index (χ0) is 23.0. The number of carboxylic acid groups (broad SMARTS) is 1. The highest BCUT2D eigenvalue weighted by Crippen LogP contribution is 2.42. The molecule has 8 heteroatoms.